The minimum Gasteiger partial charge on any atom is -0.495 e. The number of hydrogen-bond acceptors (Lipinski definition) is 4. The fraction of sp³-hybridized carbons (Fsp3) is 0.412. The van der Waals surface area contributed by atoms with Crippen molar-refractivity contribution in [2.24, 2.45) is 0 Å². The second kappa shape index (κ2) is 6.63. The van der Waals surface area contributed by atoms with Crippen molar-refractivity contribution < 1.29 is 13.2 Å². The van der Waals surface area contributed by atoms with E-state index >= 15 is 0 Å². The van der Waals surface area contributed by atoms with Crippen molar-refractivity contribution in [1.29, 1.82) is 0 Å². The molecule has 0 N–H and O–H groups in total. The number of methoxy groups -OCH3 is 1. The van der Waals surface area contributed by atoms with E-state index in [2.05, 4.69) is 0 Å². The number of ether oxygens (including phenoxy) is 1. The molecule has 1 heterocycles. The van der Waals surface area contributed by atoms with Gasteiger partial charge in [0.15, 0.2) is 0 Å². The fourth-order valence-corrected chi connectivity index (χ4v) is 5.15. The molecule has 0 bridgehead atoms. The van der Waals surface area contributed by atoms with Gasteiger partial charge in [-0.05, 0) is 59.3 Å². The normalized spacial score (nSPS) is 15.1. The van der Waals surface area contributed by atoms with Crippen molar-refractivity contribution in [3.63, 3.8) is 0 Å². The van der Waals surface area contributed by atoms with Crippen molar-refractivity contribution in [3.8, 4) is 5.75 Å². The van der Waals surface area contributed by atoms with Crippen LogP contribution in [0.15, 0.2) is 39.9 Å². The lowest BCUT2D eigenvalue weighted by Crippen LogP contribution is -2.32. The minimum atomic E-state index is -3.58. The average molecular weight is 351 g/mol. The van der Waals surface area contributed by atoms with E-state index in [1.54, 1.807) is 27.8 Å². The van der Waals surface area contributed by atoms with Crippen LogP contribution in [0.3, 0.4) is 0 Å². The standard InChI is InChI=1S/C17H21NO3S2/c1-3-13-4-7-16(21-2)17(10-13)23(19,20)18(15-5-6-15)11-14-8-9-22-12-14/h4,7-10,12,15H,3,5-6,11H2,1-2H3. The van der Waals surface area contributed by atoms with Crippen molar-refractivity contribution in [3.05, 3.63) is 46.2 Å². The topological polar surface area (TPSA) is 46.6 Å². The molecule has 124 valence electrons. The minimum absolute atomic E-state index is 0.106. The van der Waals surface area contributed by atoms with Crippen LogP contribution < -0.4 is 4.74 Å². The van der Waals surface area contributed by atoms with Crippen molar-refractivity contribution in [2.45, 2.75) is 43.7 Å². The van der Waals surface area contributed by atoms with Gasteiger partial charge in [0.25, 0.3) is 0 Å². The van der Waals surface area contributed by atoms with Crippen molar-refractivity contribution >= 4 is 21.4 Å². The molecule has 1 saturated carbocycles. The van der Waals surface area contributed by atoms with Gasteiger partial charge in [0, 0.05) is 12.6 Å². The maximum atomic E-state index is 13.2. The molecule has 1 aliphatic carbocycles. The van der Waals surface area contributed by atoms with Crippen LogP contribution in [0.5, 0.6) is 5.75 Å². The molecule has 1 fully saturated rings. The zero-order chi connectivity index (χ0) is 16.4. The second-order valence-electron chi connectivity index (χ2n) is 5.75. The molecular weight excluding hydrogens is 330 g/mol. The molecule has 0 aliphatic heterocycles. The van der Waals surface area contributed by atoms with E-state index < -0.39 is 10.0 Å². The number of thiophene rings is 1. The van der Waals surface area contributed by atoms with E-state index in [0.29, 0.717) is 12.3 Å². The lowest BCUT2D eigenvalue weighted by Gasteiger charge is -2.23. The Morgan fingerprint density at radius 3 is 2.61 bits per heavy atom. The maximum Gasteiger partial charge on any atom is 0.247 e. The number of benzene rings is 1. The summed E-state index contributed by atoms with van der Waals surface area (Å²) in [5.41, 5.74) is 2.03. The van der Waals surface area contributed by atoms with Crippen LogP contribution in [0.2, 0.25) is 0 Å². The molecule has 0 radical (unpaired) electrons. The first-order valence-corrected chi connectivity index (χ1v) is 10.1. The van der Waals surface area contributed by atoms with E-state index in [-0.39, 0.29) is 10.9 Å². The molecule has 2 aromatic rings. The van der Waals surface area contributed by atoms with Gasteiger partial charge in [-0.25, -0.2) is 8.42 Å². The fourth-order valence-electron chi connectivity index (χ4n) is 2.60. The summed E-state index contributed by atoms with van der Waals surface area (Å²) in [7, 11) is -2.06. The van der Waals surface area contributed by atoms with Crippen molar-refractivity contribution in [2.75, 3.05) is 7.11 Å². The number of hydrogen-bond donors (Lipinski definition) is 0. The molecule has 1 aliphatic rings. The molecule has 0 atom stereocenters. The highest BCUT2D eigenvalue weighted by atomic mass is 32.2. The number of rotatable bonds is 7. The van der Waals surface area contributed by atoms with Crippen LogP contribution in [-0.2, 0) is 23.0 Å². The lowest BCUT2D eigenvalue weighted by atomic mass is 10.2. The van der Waals surface area contributed by atoms with Crippen LogP contribution in [0.1, 0.15) is 30.9 Å². The molecule has 6 heteroatoms. The zero-order valence-electron chi connectivity index (χ0n) is 13.4. The van der Waals surface area contributed by atoms with Gasteiger partial charge in [0.1, 0.15) is 10.6 Å². The summed E-state index contributed by atoms with van der Waals surface area (Å²) in [5.74, 6) is 0.415. The third-order valence-corrected chi connectivity index (χ3v) is 6.75. The predicted molar refractivity (Wildman–Crippen MR) is 92.4 cm³/mol. The Morgan fingerprint density at radius 1 is 1.26 bits per heavy atom. The Bertz CT molecular complexity index is 765. The largest absolute Gasteiger partial charge is 0.495 e. The van der Waals surface area contributed by atoms with Crippen LogP contribution in [0.25, 0.3) is 0 Å². The van der Waals surface area contributed by atoms with Gasteiger partial charge in [-0.1, -0.05) is 13.0 Å². The summed E-state index contributed by atoms with van der Waals surface area (Å²) in [5, 5.41) is 3.98. The van der Waals surface area contributed by atoms with Crippen LogP contribution in [-0.4, -0.2) is 25.9 Å². The van der Waals surface area contributed by atoms with Gasteiger partial charge in [0.2, 0.25) is 10.0 Å². The summed E-state index contributed by atoms with van der Waals surface area (Å²) in [6.45, 7) is 2.44. The molecule has 1 aromatic heterocycles. The summed E-state index contributed by atoms with van der Waals surface area (Å²) in [6, 6.07) is 7.50. The Kier molecular flexibility index (Phi) is 4.75. The molecule has 23 heavy (non-hydrogen) atoms. The van der Waals surface area contributed by atoms with Gasteiger partial charge >= 0.3 is 0 Å². The smallest absolute Gasteiger partial charge is 0.247 e. The van der Waals surface area contributed by atoms with Gasteiger partial charge in [-0.2, -0.15) is 15.6 Å². The highest BCUT2D eigenvalue weighted by molar-refractivity contribution is 7.89. The lowest BCUT2D eigenvalue weighted by molar-refractivity contribution is 0.381. The molecule has 0 unspecified atom stereocenters. The van der Waals surface area contributed by atoms with Crippen LogP contribution in [0, 0.1) is 0 Å². The van der Waals surface area contributed by atoms with Crippen LogP contribution in [0.4, 0.5) is 0 Å². The van der Waals surface area contributed by atoms with E-state index in [1.165, 1.54) is 7.11 Å². The Balaban J connectivity index is 2.01. The molecule has 0 saturated heterocycles. The molecular formula is C17H21NO3S2. The second-order valence-corrected chi connectivity index (χ2v) is 8.39. The van der Waals surface area contributed by atoms with E-state index in [1.807, 2.05) is 29.8 Å². The number of sulfonamides is 1. The van der Waals surface area contributed by atoms with E-state index in [0.717, 1.165) is 30.4 Å². The molecule has 3 rings (SSSR count). The predicted octanol–water partition coefficient (Wildman–Crippen LogP) is 3.67. The quantitative estimate of drug-likeness (QED) is 0.764. The van der Waals surface area contributed by atoms with E-state index in [4.69, 9.17) is 4.74 Å². The summed E-state index contributed by atoms with van der Waals surface area (Å²) >= 11 is 1.59. The maximum absolute atomic E-state index is 13.2. The van der Waals surface area contributed by atoms with Gasteiger partial charge in [-0.3, -0.25) is 0 Å². The first-order chi connectivity index (χ1) is 11.1. The molecule has 0 spiro atoms. The van der Waals surface area contributed by atoms with E-state index in [9.17, 15) is 8.42 Å². The SMILES string of the molecule is CCc1ccc(OC)c(S(=O)(=O)N(Cc2ccsc2)C2CC2)c1. The average Bonchev–Trinajstić information content (AvgIpc) is 3.27. The first-order valence-electron chi connectivity index (χ1n) is 7.76. The Morgan fingerprint density at radius 2 is 2.04 bits per heavy atom. The van der Waals surface area contributed by atoms with Crippen molar-refractivity contribution in [1.82, 2.24) is 4.31 Å². The highest BCUT2D eigenvalue weighted by Crippen LogP contribution is 2.36. The van der Waals surface area contributed by atoms with Gasteiger partial charge in [-0.15, -0.1) is 0 Å². The molecule has 1 aromatic carbocycles. The summed E-state index contributed by atoms with van der Waals surface area (Å²) < 4.78 is 33.4. The summed E-state index contributed by atoms with van der Waals surface area (Å²) in [6.07, 6.45) is 2.65. The monoisotopic (exact) mass is 351 g/mol. The van der Waals surface area contributed by atoms with Gasteiger partial charge < -0.3 is 4.74 Å². The third-order valence-electron chi connectivity index (χ3n) is 4.10. The molecule has 4 nitrogen and oxygen atoms in total. The van der Waals surface area contributed by atoms with Gasteiger partial charge in [0.05, 0.1) is 7.11 Å². The highest BCUT2D eigenvalue weighted by Gasteiger charge is 2.39. The molecule has 0 amide bonds. The zero-order valence-corrected chi connectivity index (χ0v) is 15.0. The Hall–Kier alpha value is -1.37. The third kappa shape index (κ3) is 3.44. The Labute approximate surface area is 141 Å². The number of aryl methyl sites for hydroxylation is 1. The van der Waals surface area contributed by atoms with Crippen LogP contribution >= 0.6 is 11.3 Å². The summed E-state index contributed by atoms with van der Waals surface area (Å²) in [4.78, 5) is 0.279. The first kappa shape index (κ1) is 16.5. The number of nitrogens with zero attached hydrogens (tertiary/aromatic N) is 1.